The Morgan fingerprint density at radius 3 is 3.00 bits per heavy atom. The second-order valence-electron chi connectivity index (χ2n) is 4.10. The van der Waals surface area contributed by atoms with E-state index in [9.17, 15) is 9.59 Å². The maximum absolute atomic E-state index is 12.2. The number of rotatable bonds is 3. The van der Waals surface area contributed by atoms with Crippen molar-refractivity contribution < 1.29 is 9.53 Å². The molecule has 0 saturated carbocycles. The Hall–Kier alpha value is -2.37. The van der Waals surface area contributed by atoms with Gasteiger partial charge in [-0.2, -0.15) is 0 Å². The molecule has 2 heterocycles. The second kappa shape index (κ2) is 5.51. The summed E-state index contributed by atoms with van der Waals surface area (Å²) < 4.78 is 6.37. The van der Waals surface area contributed by atoms with Crippen molar-refractivity contribution in [2.75, 3.05) is 6.54 Å². The Kier molecular flexibility index (Phi) is 3.79. The Balaban J connectivity index is 2.35. The summed E-state index contributed by atoms with van der Waals surface area (Å²) in [4.78, 5) is 27.7. The van der Waals surface area contributed by atoms with Crippen LogP contribution in [0.15, 0.2) is 29.2 Å². The Morgan fingerprint density at radius 2 is 2.26 bits per heavy atom. The molecule has 1 N–H and O–H groups in total. The molecule has 1 amide bonds. The van der Waals surface area contributed by atoms with Crippen molar-refractivity contribution in [3.05, 3.63) is 40.4 Å². The summed E-state index contributed by atoms with van der Waals surface area (Å²) in [5.41, 5.74) is 0.857. The Morgan fingerprint density at radius 1 is 1.47 bits per heavy atom. The lowest BCUT2D eigenvalue weighted by atomic mass is 10.3. The van der Waals surface area contributed by atoms with Gasteiger partial charge in [-0.25, -0.2) is 9.78 Å². The lowest BCUT2D eigenvalue weighted by Gasteiger charge is -2.07. The number of nitrogens with one attached hydrogen (secondary N) is 1. The van der Waals surface area contributed by atoms with E-state index in [0.29, 0.717) is 12.2 Å². The summed E-state index contributed by atoms with van der Waals surface area (Å²) in [7, 11) is 0. The molecule has 0 fully saturated rings. The third-order valence-corrected chi connectivity index (χ3v) is 2.61. The minimum absolute atomic E-state index is 0.0830. The summed E-state index contributed by atoms with van der Waals surface area (Å²) in [6, 6.07) is 5.32. The Labute approximate surface area is 110 Å². The molecule has 0 atom stereocenters. The van der Waals surface area contributed by atoms with E-state index >= 15 is 0 Å². The van der Waals surface area contributed by atoms with E-state index in [1.807, 2.05) is 13.0 Å². The first-order valence-corrected chi connectivity index (χ1v) is 6.06. The SMILES string of the molecule is CCCNC(=O)Oc1cnc2cccc(C)n2c1=O. The molecule has 0 spiro atoms. The quantitative estimate of drug-likeness (QED) is 0.908. The van der Waals surface area contributed by atoms with Gasteiger partial charge >= 0.3 is 11.7 Å². The van der Waals surface area contributed by atoms with Crippen molar-refractivity contribution in [1.29, 1.82) is 0 Å². The number of hydrogen-bond donors (Lipinski definition) is 1. The molecule has 0 radical (unpaired) electrons. The molecular formula is C13H15N3O3. The van der Waals surface area contributed by atoms with Crippen LogP contribution >= 0.6 is 0 Å². The maximum Gasteiger partial charge on any atom is 0.412 e. The third-order valence-electron chi connectivity index (χ3n) is 2.61. The van der Waals surface area contributed by atoms with Crippen LogP contribution in [0.25, 0.3) is 5.65 Å². The molecule has 0 aromatic carbocycles. The van der Waals surface area contributed by atoms with Crippen molar-refractivity contribution in [2.24, 2.45) is 0 Å². The molecule has 2 rings (SSSR count). The minimum atomic E-state index is -0.644. The van der Waals surface area contributed by atoms with Crippen LogP contribution < -0.4 is 15.6 Å². The number of amides is 1. The van der Waals surface area contributed by atoms with Gasteiger partial charge < -0.3 is 10.1 Å². The van der Waals surface area contributed by atoms with Gasteiger partial charge in [-0.05, 0) is 25.5 Å². The van der Waals surface area contributed by atoms with Crippen molar-refractivity contribution in [2.45, 2.75) is 20.3 Å². The average Bonchev–Trinajstić information content (AvgIpc) is 2.40. The molecule has 0 bridgehead atoms. The summed E-state index contributed by atoms with van der Waals surface area (Å²) in [5, 5.41) is 2.53. The number of pyridine rings is 1. The fourth-order valence-corrected chi connectivity index (χ4v) is 1.69. The summed E-state index contributed by atoms with van der Waals surface area (Å²) in [6.07, 6.45) is 1.42. The van der Waals surface area contributed by atoms with Gasteiger partial charge in [0.05, 0.1) is 6.20 Å². The van der Waals surface area contributed by atoms with Gasteiger partial charge in [0.25, 0.3) is 0 Å². The molecule has 100 valence electrons. The molecule has 0 aliphatic carbocycles. The molecule has 0 aliphatic rings. The van der Waals surface area contributed by atoms with E-state index in [1.165, 1.54) is 10.6 Å². The van der Waals surface area contributed by atoms with Gasteiger partial charge in [0.1, 0.15) is 5.65 Å². The zero-order valence-electron chi connectivity index (χ0n) is 10.8. The zero-order valence-corrected chi connectivity index (χ0v) is 10.8. The van der Waals surface area contributed by atoms with Crippen LogP contribution in [0.2, 0.25) is 0 Å². The van der Waals surface area contributed by atoms with E-state index in [-0.39, 0.29) is 5.75 Å². The predicted molar refractivity (Wildman–Crippen MR) is 70.5 cm³/mol. The van der Waals surface area contributed by atoms with Gasteiger partial charge in [0, 0.05) is 12.2 Å². The topological polar surface area (TPSA) is 72.7 Å². The fourth-order valence-electron chi connectivity index (χ4n) is 1.69. The lowest BCUT2D eigenvalue weighted by molar-refractivity contribution is 0.199. The molecule has 19 heavy (non-hydrogen) atoms. The summed E-state index contributed by atoms with van der Waals surface area (Å²) in [5.74, 6) is -0.0830. The van der Waals surface area contributed by atoms with E-state index in [1.54, 1.807) is 19.1 Å². The first kappa shape index (κ1) is 13.1. The van der Waals surface area contributed by atoms with Crippen LogP contribution in [0.5, 0.6) is 5.75 Å². The molecule has 0 aliphatic heterocycles. The van der Waals surface area contributed by atoms with Crippen molar-refractivity contribution in [3.63, 3.8) is 0 Å². The summed E-state index contributed by atoms with van der Waals surface area (Å²) >= 11 is 0. The number of ether oxygens (including phenoxy) is 1. The number of carbonyl (C=O) groups is 1. The molecule has 0 saturated heterocycles. The number of nitrogens with zero attached hydrogens (tertiary/aromatic N) is 2. The van der Waals surface area contributed by atoms with Crippen molar-refractivity contribution in [3.8, 4) is 5.75 Å². The van der Waals surface area contributed by atoms with E-state index in [0.717, 1.165) is 12.1 Å². The van der Waals surface area contributed by atoms with Crippen molar-refractivity contribution >= 4 is 11.7 Å². The zero-order chi connectivity index (χ0) is 13.8. The molecule has 2 aromatic rings. The molecule has 6 heteroatoms. The standard InChI is InChI=1S/C13H15N3O3/c1-3-7-14-13(18)19-10-8-15-11-6-4-5-9(2)16(11)12(10)17/h4-6,8H,3,7H2,1-2H3,(H,14,18). The van der Waals surface area contributed by atoms with Gasteiger partial charge in [-0.3, -0.25) is 9.20 Å². The number of aromatic nitrogens is 2. The highest BCUT2D eigenvalue weighted by atomic mass is 16.6. The second-order valence-corrected chi connectivity index (χ2v) is 4.10. The van der Waals surface area contributed by atoms with Crippen LogP contribution in [-0.4, -0.2) is 22.0 Å². The van der Waals surface area contributed by atoms with Gasteiger partial charge in [-0.1, -0.05) is 13.0 Å². The largest absolute Gasteiger partial charge is 0.412 e. The van der Waals surface area contributed by atoms with Crippen LogP contribution in [0.3, 0.4) is 0 Å². The number of aryl methyl sites for hydroxylation is 1. The van der Waals surface area contributed by atoms with Crippen LogP contribution in [0, 0.1) is 6.92 Å². The molecule has 2 aromatic heterocycles. The first-order chi connectivity index (χ1) is 9.13. The Bertz CT molecular complexity index is 664. The predicted octanol–water partition coefficient (Wildman–Crippen LogP) is 1.50. The lowest BCUT2D eigenvalue weighted by Crippen LogP contribution is -2.30. The van der Waals surface area contributed by atoms with Gasteiger partial charge in [0.15, 0.2) is 0 Å². The number of carbonyl (C=O) groups excluding carboxylic acids is 1. The van der Waals surface area contributed by atoms with E-state index in [4.69, 9.17) is 4.74 Å². The fraction of sp³-hybridized carbons (Fsp3) is 0.308. The molecule has 0 unspecified atom stereocenters. The van der Waals surface area contributed by atoms with Gasteiger partial charge in [0.2, 0.25) is 5.75 Å². The highest BCUT2D eigenvalue weighted by Crippen LogP contribution is 2.06. The number of fused-ring (bicyclic) bond motifs is 1. The highest BCUT2D eigenvalue weighted by Gasteiger charge is 2.11. The van der Waals surface area contributed by atoms with Gasteiger partial charge in [-0.15, -0.1) is 0 Å². The number of hydrogen-bond acceptors (Lipinski definition) is 4. The first-order valence-electron chi connectivity index (χ1n) is 6.06. The van der Waals surface area contributed by atoms with Crippen LogP contribution in [0.4, 0.5) is 4.79 Å². The van der Waals surface area contributed by atoms with E-state index in [2.05, 4.69) is 10.3 Å². The monoisotopic (exact) mass is 261 g/mol. The molecular weight excluding hydrogens is 246 g/mol. The van der Waals surface area contributed by atoms with Crippen LogP contribution in [-0.2, 0) is 0 Å². The highest BCUT2D eigenvalue weighted by molar-refractivity contribution is 5.70. The van der Waals surface area contributed by atoms with E-state index < -0.39 is 11.7 Å². The minimum Gasteiger partial charge on any atom is -0.403 e. The van der Waals surface area contributed by atoms with Crippen LogP contribution in [0.1, 0.15) is 19.0 Å². The van der Waals surface area contributed by atoms with Crippen molar-refractivity contribution in [1.82, 2.24) is 14.7 Å². The smallest absolute Gasteiger partial charge is 0.403 e. The normalized spacial score (nSPS) is 10.4. The average molecular weight is 261 g/mol. The molecule has 6 nitrogen and oxygen atoms in total. The third kappa shape index (κ3) is 2.73. The summed E-state index contributed by atoms with van der Waals surface area (Å²) in [6.45, 7) is 4.22. The maximum atomic E-state index is 12.2.